The van der Waals surface area contributed by atoms with E-state index in [-0.39, 0.29) is 5.91 Å². The second kappa shape index (κ2) is 6.13. The molecule has 0 bridgehead atoms. The molecule has 108 valence electrons. The van der Waals surface area contributed by atoms with E-state index in [1.165, 1.54) is 16.2 Å². The van der Waals surface area contributed by atoms with E-state index in [2.05, 4.69) is 22.2 Å². The molecule has 6 nitrogen and oxygen atoms in total. The molecule has 0 aliphatic rings. The molecular weight excluding hydrogens is 274 g/mol. The summed E-state index contributed by atoms with van der Waals surface area (Å²) in [5, 5.41) is 13.8. The molecule has 0 N–H and O–H groups in total. The number of aromatic nitrogens is 4. The molecule has 0 atom stereocenters. The number of hydrogen-bond donors (Lipinski definition) is 0. The van der Waals surface area contributed by atoms with Crippen LogP contribution in [0.1, 0.15) is 40.8 Å². The lowest BCUT2D eigenvalue weighted by Crippen LogP contribution is -2.26. The molecule has 0 saturated carbocycles. The quantitative estimate of drug-likeness (QED) is 0.849. The van der Waals surface area contributed by atoms with Crippen LogP contribution in [0.3, 0.4) is 0 Å². The van der Waals surface area contributed by atoms with Crippen LogP contribution in [0.4, 0.5) is 5.13 Å². The summed E-state index contributed by atoms with van der Waals surface area (Å²) in [5.74, 6) is -0.0959. The van der Waals surface area contributed by atoms with Gasteiger partial charge in [-0.2, -0.15) is 5.10 Å². The third kappa shape index (κ3) is 3.04. The Labute approximate surface area is 122 Å². The Kier molecular flexibility index (Phi) is 4.49. The third-order valence-electron chi connectivity index (χ3n) is 3.02. The zero-order valence-electron chi connectivity index (χ0n) is 12.3. The Bertz CT molecular complexity index is 604. The fourth-order valence-electron chi connectivity index (χ4n) is 1.85. The molecule has 2 aromatic rings. The van der Waals surface area contributed by atoms with Crippen LogP contribution < -0.4 is 4.90 Å². The molecule has 2 aromatic heterocycles. The van der Waals surface area contributed by atoms with Crippen molar-refractivity contribution in [3.63, 3.8) is 0 Å². The van der Waals surface area contributed by atoms with Crippen LogP contribution in [-0.2, 0) is 6.54 Å². The number of aryl methyl sites for hydroxylation is 3. The Morgan fingerprint density at radius 2 is 2.15 bits per heavy atom. The minimum absolute atomic E-state index is 0.0959. The van der Waals surface area contributed by atoms with E-state index in [0.29, 0.717) is 10.7 Å². The topological polar surface area (TPSA) is 63.9 Å². The lowest BCUT2D eigenvalue weighted by atomic mass is 10.2. The smallest absolute Gasteiger partial charge is 0.263 e. The first kappa shape index (κ1) is 14.6. The van der Waals surface area contributed by atoms with Crippen LogP contribution in [0, 0.1) is 13.8 Å². The molecule has 1 amide bonds. The summed E-state index contributed by atoms with van der Waals surface area (Å²) >= 11 is 1.40. The average Bonchev–Trinajstić information content (AvgIpc) is 3.01. The second-order valence-corrected chi connectivity index (χ2v) is 5.87. The minimum Gasteiger partial charge on any atom is -0.286 e. The van der Waals surface area contributed by atoms with Crippen LogP contribution in [-0.4, -0.2) is 32.9 Å². The first-order valence-electron chi connectivity index (χ1n) is 6.65. The predicted octanol–water partition coefficient (Wildman–Crippen LogP) is 2.43. The molecule has 0 aliphatic carbocycles. The fraction of sp³-hybridized carbons (Fsp3) is 0.538. The van der Waals surface area contributed by atoms with Crippen LogP contribution in [0.5, 0.6) is 0 Å². The number of nitrogens with zero attached hydrogens (tertiary/aromatic N) is 5. The van der Waals surface area contributed by atoms with Gasteiger partial charge in [-0.1, -0.05) is 24.7 Å². The monoisotopic (exact) mass is 293 g/mol. The highest BCUT2D eigenvalue weighted by atomic mass is 32.1. The first-order valence-corrected chi connectivity index (χ1v) is 7.46. The summed E-state index contributed by atoms with van der Waals surface area (Å²) in [6.07, 6.45) is 3.98. The maximum Gasteiger partial charge on any atom is 0.263 e. The van der Waals surface area contributed by atoms with Crippen molar-refractivity contribution in [3.05, 3.63) is 22.5 Å². The summed E-state index contributed by atoms with van der Waals surface area (Å²) in [4.78, 5) is 14.0. The van der Waals surface area contributed by atoms with Crippen molar-refractivity contribution in [3.8, 4) is 0 Å². The molecule has 2 heterocycles. The summed E-state index contributed by atoms with van der Waals surface area (Å²) in [6, 6.07) is 0. The van der Waals surface area contributed by atoms with Crippen molar-refractivity contribution in [2.75, 3.05) is 11.9 Å². The third-order valence-corrected chi connectivity index (χ3v) is 3.94. The molecule has 0 unspecified atom stereocenters. The zero-order valence-corrected chi connectivity index (χ0v) is 13.1. The summed E-state index contributed by atoms with van der Waals surface area (Å²) in [5.41, 5.74) is 1.37. The molecular formula is C13H19N5OS. The molecule has 2 rings (SSSR count). The predicted molar refractivity (Wildman–Crippen MR) is 79.3 cm³/mol. The summed E-state index contributed by atoms with van der Waals surface area (Å²) in [6.45, 7) is 6.70. The van der Waals surface area contributed by atoms with E-state index < -0.39 is 0 Å². The molecule has 7 heteroatoms. The van der Waals surface area contributed by atoms with Crippen LogP contribution >= 0.6 is 11.3 Å². The molecule has 0 saturated heterocycles. The molecule has 0 radical (unpaired) electrons. The van der Waals surface area contributed by atoms with E-state index in [9.17, 15) is 4.79 Å². The van der Waals surface area contributed by atoms with Gasteiger partial charge in [0, 0.05) is 19.8 Å². The fourth-order valence-corrected chi connectivity index (χ4v) is 2.50. The number of hydrogen-bond acceptors (Lipinski definition) is 5. The van der Waals surface area contributed by atoms with Crippen molar-refractivity contribution in [1.29, 1.82) is 0 Å². The maximum atomic E-state index is 12.5. The number of anilines is 1. The number of carbonyl (C=O) groups excluding carboxylic acids is 1. The Morgan fingerprint density at radius 1 is 1.40 bits per heavy atom. The van der Waals surface area contributed by atoms with Gasteiger partial charge in [0.1, 0.15) is 5.01 Å². The Balaban J connectivity index is 2.18. The standard InChI is InChI=1S/C13H19N5OS/c1-5-6-7-18-8-11(9(2)16-18)12(19)17(4)13-15-14-10(3)20-13/h8H,5-7H2,1-4H3. The van der Waals surface area contributed by atoms with Gasteiger partial charge in [-0.05, 0) is 20.3 Å². The largest absolute Gasteiger partial charge is 0.286 e. The highest BCUT2D eigenvalue weighted by Gasteiger charge is 2.20. The van der Waals surface area contributed by atoms with Gasteiger partial charge in [0.15, 0.2) is 0 Å². The lowest BCUT2D eigenvalue weighted by Gasteiger charge is -2.11. The highest BCUT2D eigenvalue weighted by molar-refractivity contribution is 7.15. The van der Waals surface area contributed by atoms with Gasteiger partial charge in [0.25, 0.3) is 5.91 Å². The number of amides is 1. The normalized spacial score (nSPS) is 10.8. The van der Waals surface area contributed by atoms with E-state index in [0.717, 1.165) is 30.1 Å². The molecule has 0 aromatic carbocycles. The molecule has 0 spiro atoms. The Morgan fingerprint density at radius 3 is 2.75 bits per heavy atom. The van der Waals surface area contributed by atoms with Gasteiger partial charge < -0.3 is 0 Å². The highest BCUT2D eigenvalue weighted by Crippen LogP contribution is 2.20. The van der Waals surface area contributed by atoms with Crippen molar-refractivity contribution in [1.82, 2.24) is 20.0 Å². The van der Waals surface area contributed by atoms with Crippen LogP contribution in [0.15, 0.2) is 6.20 Å². The van der Waals surface area contributed by atoms with Gasteiger partial charge in [-0.3, -0.25) is 14.4 Å². The van der Waals surface area contributed by atoms with Crippen molar-refractivity contribution in [2.45, 2.75) is 40.2 Å². The van der Waals surface area contributed by atoms with Gasteiger partial charge in [-0.15, -0.1) is 10.2 Å². The van der Waals surface area contributed by atoms with Crippen molar-refractivity contribution < 1.29 is 4.79 Å². The second-order valence-electron chi connectivity index (χ2n) is 4.71. The molecule has 0 aliphatic heterocycles. The van der Waals surface area contributed by atoms with E-state index in [1.807, 2.05) is 24.7 Å². The Hall–Kier alpha value is -1.76. The summed E-state index contributed by atoms with van der Waals surface area (Å²) < 4.78 is 1.84. The van der Waals surface area contributed by atoms with E-state index in [4.69, 9.17) is 0 Å². The van der Waals surface area contributed by atoms with Gasteiger partial charge in [0.2, 0.25) is 5.13 Å². The van der Waals surface area contributed by atoms with E-state index in [1.54, 1.807) is 7.05 Å². The average molecular weight is 293 g/mol. The minimum atomic E-state index is -0.0959. The SMILES string of the molecule is CCCCn1cc(C(=O)N(C)c2nnc(C)s2)c(C)n1. The summed E-state index contributed by atoms with van der Waals surface area (Å²) in [7, 11) is 1.71. The lowest BCUT2D eigenvalue weighted by molar-refractivity contribution is 0.0992. The molecule has 20 heavy (non-hydrogen) atoms. The number of unbranched alkanes of at least 4 members (excludes halogenated alkanes) is 1. The van der Waals surface area contributed by atoms with Crippen molar-refractivity contribution >= 4 is 22.4 Å². The van der Waals surface area contributed by atoms with E-state index >= 15 is 0 Å². The van der Waals surface area contributed by atoms with Crippen LogP contribution in [0.2, 0.25) is 0 Å². The number of rotatable bonds is 5. The first-order chi connectivity index (χ1) is 9.52. The van der Waals surface area contributed by atoms with Crippen molar-refractivity contribution in [2.24, 2.45) is 0 Å². The number of carbonyl (C=O) groups is 1. The maximum absolute atomic E-state index is 12.5. The zero-order chi connectivity index (χ0) is 14.7. The van der Waals surface area contributed by atoms with Crippen LogP contribution in [0.25, 0.3) is 0 Å². The van der Waals surface area contributed by atoms with Gasteiger partial charge in [-0.25, -0.2) is 0 Å². The van der Waals surface area contributed by atoms with Gasteiger partial charge in [0.05, 0.1) is 11.3 Å². The van der Waals surface area contributed by atoms with Gasteiger partial charge >= 0.3 is 0 Å². The molecule has 0 fully saturated rings.